The van der Waals surface area contributed by atoms with E-state index >= 15 is 0 Å². The monoisotopic (exact) mass is 393 g/mol. The summed E-state index contributed by atoms with van der Waals surface area (Å²) in [6.07, 6.45) is 0. The Morgan fingerprint density at radius 2 is 1.10 bits per heavy atom. The molecule has 0 saturated carbocycles. The third kappa shape index (κ3) is 3.24. The summed E-state index contributed by atoms with van der Waals surface area (Å²) in [6, 6.07) is 35.8. The molecular formula is C26H19NOS. The van der Waals surface area contributed by atoms with Crippen molar-refractivity contribution in [2.24, 2.45) is 0 Å². The maximum absolute atomic E-state index is 13.8. The van der Waals surface area contributed by atoms with Crippen molar-refractivity contribution in [3.8, 4) is 0 Å². The van der Waals surface area contributed by atoms with E-state index in [0.717, 1.165) is 32.3 Å². The van der Waals surface area contributed by atoms with Crippen LogP contribution in [0.2, 0.25) is 0 Å². The van der Waals surface area contributed by atoms with Crippen LogP contribution in [0.15, 0.2) is 119 Å². The average molecular weight is 394 g/mol. The molecule has 0 amide bonds. The van der Waals surface area contributed by atoms with E-state index in [9.17, 15) is 4.79 Å². The highest BCUT2D eigenvalue weighted by molar-refractivity contribution is 7.99. The van der Waals surface area contributed by atoms with Crippen LogP contribution in [-0.4, -0.2) is 5.78 Å². The molecule has 5 rings (SSSR count). The first-order valence-electron chi connectivity index (χ1n) is 9.62. The van der Waals surface area contributed by atoms with Gasteiger partial charge in [-0.1, -0.05) is 96.7 Å². The van der Waals surface area contributed by atoms with Gasteiger partial charge in [0, 0.05) is 15.4 Å². The molecule has 0 saturated heterocycles. The van der Waals surface area contributed by atoms with Crippen molar-refractivity contribution < 1.29 is 4.79 Å². The molecular weight excluding hydrogens is 374 g/mol. The molecule has 0 fully saturated rings. The number of para-hydroxylation sites is 2. The second-order valence-corrected chi connectivity index (χ2v) is 8.03. The van der Waals surface area contributed by atoms with Crippen LogP contribution in [0.1, 0.15) is 22.0 Å². The minimum absolute atomic E-state index is 0.0910. The van der Waals surface area contributed by atoms with Gasteiger partial charge in [-0.3, -0.25) is 4.79 Å². The lowest BCUT2D eigenvalue weighted by Gasteiger charge is -2.38. The predicted octanol–water partition coefficient (Wildman–Crippen LogP) is 6.91. The first kappa shape index (κ1) is 17.8. The maximum Gasteiger partial charge on any atom is 0.190 e. The van der Waals surface area contributed by atoms with Gasteiger partial charge in [-0.15, -0.1) is 0 Å². The highest BCUT2D eigenvalue weighted by Gasteiger charge is 2.34. The van der Waals surface area contributed by atoms with E-state index in [1.165, 1.54) is 0 Å². The van der Waals surface area contributed by atoms with Crippen molar-refractivity contribution in [2.45, 2.75) is 15.8 Å². The van der Waals surface area contributed by atoms with E-state index < -0.39 is 6.04 Å². The number of ketones is 1. The van der Waals surface area contributed by atoms with Crippen LogP contribution in [0, 0.1) is 0 Å². The Labute approximate surface area is 174 Å². The number of nitrogens with zero attached hydrogens (tertiary/aromatic N) is 1. The Balaban J connectivity index is 1.74. The molecule has 1 unspecified atom stereocenters. The van der Waals surface area contributed by atoms with Gasteiger partial charge in [0.15, 0.2) is 5.78 Å². The minimum Gasteiger partial charge on any atom is -0.324 e. The minimum atomic E-state index is -0.443. The zero-order valence-corrected chi connectivity index (χ0v) is 16.5. The molecule has 0 aromatic heterocycles. The average Bonchev–Trinajstić information content (AvgIpc) is 2.80. The number of carbonyl (C=O) groups is 1. The van der Waals surface area contributed by atoms with E-state index in [0.29, 0.717) is 0 Å². The van der Waals surface area contributed by atoms with Crippen LogP contribution < -0.4 is 4.90 Å². The van der Waals surface area contributed by atoms with Crippen LogP contribution in [-0.2, 0) is 0 Å². The first-order valence-corrected chi connectivity index (χ1v) is 10.4. The van der Waals surface area contributed by atoms with Crippen molar-refractivity contribution in [3.05, 3.63) is 120 Å². The number of anilines is 2. The topological polar surface area (TPSA) is 20.3 Å². The third-order valence-corrected chi connectivity index (χ3v) is 6.28. The van der Waals surface area contributed by atoms with E-state index in [2.05, 4.69) is 41.3 Å². The number of carbonyl (C=O) groups excluding carboxylic acids is 1. The van der Waals surface area contributed by atoms with Crippen molar-refractivity contribution >= 4 is 28.9 Å². The van der Waals surface area contributed by atoms with Gasteiger partial charge in [-0.05, 0) is 29.8 Å². The summed E-state index contributed by atoms with van der Waals surface area (Å²) in [5.74, 6) is 0.0910. The molecule has 3 heteroatoms. The molecule has 0 N–H and O–H groups in total. The lowest BCUT2D eigenvalue weighted by atomic mass is 9.94. The highest BCUT2D eigenvalue weighted by Crippen LogP contribution is 2.51. The predicted molar refractivity (Wildman–Crippen MR) is 119 cm³/mol. The summed E-state index contributed by atoms with van der Waals surface area (Å²) in [4.78, 5) is 18.3. The van der Waals surface area contributed by atoms with Crippen LogP contribution in [0.3, 0.4) is 0 Å². The van der Waals surface area contributed by atoms with Crippen molar-refractivity contribution in [1.29, 1.82) is 0 Å². The maximum atomic E-state index is 13.8. The molecule has 1 aliphatic rings. The lowest BCUT2D eigenvalue weighted by molar-refractivity contribution is 0.0961. The molecule has 1 heterocycles. The highest BCUT2D eigenvalue weighted by atomic mass is 32.2. The molecule has 29 heavy (non-hydrogen) atoms. The second kappa shape index (κ2) is 7.61. The van der Waals surface area contributed by atoms with Crippen LogP contribution in [0.4, 0.5) is 11.4 Å². The first-order chi connectivity index (χ1) is 14.3. The van der Waals surface area contributed by atoms with Gasteiger partial charge >= 0.3 is 0 Å². The molecule has 4 aromatic carbocycles. The lowest BCUT2D eigenvalue weighted by Crippen LogP contribution is -2.32. The summed E-state index contributed by atoms with van der Waals surface area (Å²) >= 11 is 1.75. The summed E-state index contributed by atoms with van der Waals surface area (Å²) in [7, 11) is 0. The van der Waals surface area contributed by atoms with Gasteiger partial charge in [0.1, 0.15) is 6.04 Å². The van der Waals surface area contributed by atoms with Gasteiger partial charge in [-0.25, -0.2) is 0 Å². The van der Waals surface area contributed by atoms with Crippen molar-refractivity contribution in [2.75, 3.05) is 4.90 Å². The van der Waals surface area contributed by atoms with E-state index in [1.807, 2.05) is 72.8 Å². The SMILES string of the molecule is O=C(c1ccccc1)C(c1ccccc1)N1c2ccccc2Sc2ccccc21. The second-order valence-electron chi connectivity index (χ2n) is 6.95. The number of benzene rings is 4. The third-order valence-electron chi connectivity index (χ3n) is 5.15. The van der Waals surface area contributed by atoms with Crippen molar-refractivity contribution in [3.63, 3.8) is 0 Å². The molecule has 2 nitrogen and oxygen atoms in total. The number of Topliss-reactive ketones (excluding diaryl/α,β-unsaturated/α-hetero) is 1. The number of rotatable bonds is 4. The van der Waals surface area contributed by atoms with Gasteiger partial charge in [0.05, 0.1) is 11.4 Å². The van der Waals surface area contributed by atoms with Gasteiger partial charge in [-0.2, -0.15) is 0 Å². The van der Waals surface area contributed by atoms with E-state index in [4.69, 9.17) is 0 Å². The summed E-state index contributed by atoms with van der Waals surface area (Å²) < 4.78 is 0. The van der Waals surface area contributed by atoms with Gasteiger partial charge < -0.3 is 4.90 Å². The normalized spacial score (nSPS) is 13.3. The molecule has 0 radical (unpaired) electrons. The zero-order valence-electron chi connectivity index (χ0n) is 15.7. The summed E-state index contributed by atoms with van der Waals surface area (Å²) in [5, 5.41) is 0. The van der Waals surface area contributed by atoms with E-state index in [-0.39, 0.29) is 5.78 Å². The van der Waals surface area contributed by atoms with Crippen LogP contribution in [0.25, 0.3) is 0 Å². The molecule has 0 aliphatic carbocycles. The molecule has 0 bridgehead atoms. The van der Waals surface area contributed by atoms with E-state index in [1.54, 1.807) is 11.8 Å². The Hall–Kier alpha value is -3.30. The molecule has 1 atom stereocenters. The molecule has 140 valence electrons. The molecule has 4 aromatic rings. The quantitative estimate of drug-likeness (QED) is 0.351. The zero-order chi connectivity index (χ0) is 19.6. The van der Waals surface area contributed by atoms with Crippen molar-refractivity contribution in [1.82, 2.24) is 0 Å². The molecule has 0 spiro atoms. The summed E-state index contributed by atoms with van der Waals surface area (Å²) in [6.45, 7) is 0. The Morgan fingerprint density at radius 1 is 0.621 bits per heavy atom. The Kier molecular flexibility index (Phi) is 4.66. The standard InChI is InChI=1S/C26H19NOS/c28-26(20-13-5-2-6-14-20)25(19-11-3-1-4-12-19)27-21-15-7-9-17-23(21)29-24-18-10-8-16-22(24)27/h1-18,25H. The number of hydrogen-bond donors (Lipinski definition) is 0. The smallest absolute Gasteiger partial charge is 0.190 e. The van der Waals surface area contributed by atoms with Crippen LogP contribution >= 0.6 is 11.8 Å². The number of fused-ring (bicyclic) bond motifs is 2. The fourth-order valence-electron chi connectivity index (χ4n) is 3.82. The Bertz CT molecular complexity index is 1110. The Morgan fingerprint density at radius 3 is 1.69 bits per heavy atom. The van der Waals surface area contributed by atoms with Gasteiger partial charge in [0.2, 0.25) is 0 Å². The van der Waals surface area contributed by atoms with Crippen LogP contribution in [0.5, 0.6) is 0 Å². The fourth-order valence-corrected chi connectivity index (χ4v) is 4.90. The largest absolute Gasteiger partial charge is 0.324 e. The summed E-state index contributed by atoms with van der Waals surface area (Å²) in [5.41, 5.74) is 3.83. The molecule has 1 aliphatic heterocycles. The number of hydrogen-bond acceptors (Lipinski definition) is 3. The fraction of sp³-hybridized carbons (Fsp3) is 0.0385. The van der Waals surface area contributed by atoms with Gasteiger partial charge in [0.25, 0.3) is 0 Å².